The third-order valence-electron chi connectivity index (χ3n) is 4.80. The smallest absolute Gasteiger partial charge is 0.311 e. The van der Waals surface area contributed by atoms with Gasteiger partial charge in [0.25, 0.3) is 0 Å². The van der Waals surface area contributed by atoms with Gasteiger partial charge in [0.2, 0.25) is 11.8 Å². The van der Waals surface area contributed by atoms with E-state index in [2.05, 4.69) is 10.3 Å². The number of nitrogens with zero attached hydrogens (tertiary/aromatic N) is 2. The molecule has 0 bridgehead atoms. The number of allylic oxidation sites excluding steroid dienone is 1. The van der Waals surface area contributed by atoms with Crippen LogP contribution in [0.15, 0.2) is 52.3 Å². The van der Waals surface area contributed by atoms with Gasteiger partial charge in [-0.05, 0) is 43.7 Å². The summed E-state index contributed by atoms with van der Waals surface area (Å²) >= 11 is 6.96. The van der Waals surface area contributed by atoms with Gasteiger partial charge in [-0.25, -0.2) is 0 Å². The van der Waals surface area contributed by atoms with Crippen LogP contribution in [0.4, 0.5) is 11.4 Å². The number of thiazole rings is 1. The maximum absolute atomic E-state index is 12.4. The minimum atomic E-state index is -0.437. The molecule has 0 atom stereocenters. The van der Waals surface area contributed by atoms with E-state index in [1.165, 1.54) is 0 Å². The van der Waals surface area contributed by atoms with Gasteiger partial charge in [-0.1, -0.05) is 47.2 Å². The number of nitrogens with one attached hydrogen (secondary N) is 1. The first-order valence-electron chi connectivity index (χ1n) is 9.19. The first-order valence-corrected chi connectivity index (χ1v) is 10.4. The molecule has 0 aliphatic carbocycles. The average molecular weight is 440 g/mol. The number of benzene rings is 2. The summed E-state index contributed by atoms with van der Waals surface area (Å²) in [4.78, 5) is 29.3. The third kappa shape index (κ3) is 3.81. The molecule has 1 amide bonds. The van der Waals surface area contributed by atoms with Gasteiger partial charge in [-0.15, -0.1) is 0 Å². The Morgan fingerprint density at radius 3 is 2.80 bits per heavy atom. The standard InChI is InChI=1S/C22H18ClN3O3S/c1-12-7-8-14(9-17(12)23)25-20(27)11-26-21(28)19(30-22(26)29)10-16-13(2)24-18-6-4-3-5-15(16)18/h3-10,28H,11H2,1-2H3,(H,25,27). The van der Waals surface area contributed by atoms with Gasteiger partial charge in [-0.2, -0.15) is 0 Å². The number of aryl methyl sites for hydroxylation is 1. The van der Waals surface area contributed by atoms with Crippen molar-refractivity contribution < 1.29 is 9.90 Å². The van der Waals surface area contributed by atoms with Crippen LogP contribution in [0.2, 0.25) is 5.02 Å². The predicted octanol–water partition coefficient (Wildman–Crippen LogP) is 4.86. The van der Waals surface area contributed by atoms with Crippen molar-refractivity contribution in [3.8, 4) is 5.88 Å². The molecule has 2 aromatic carbocycles. The van der Waals surface area contributed by atoms with Gasteiger partial charge < -0.3 is 10.4 Å². The number of fused-ring (bicyclic) bond motifs is 1. The number of halogens is 1. The van der Waals surface area contributed by atoms with E-state index in [1.54, 1.807) is 24.3 Å². The molecule has 0 spiro atoms. The van der Waals surface area contributed by atoms with E-state index in [9.17, 15) is 14.7 Å². The number of aromatic hydroxyl groups is 1. The number of carbonyl (C=O) groups is 1. The molecule has 0 radical (unpaired) electrons. The zero-order valence-corrected chi connectivity index (χ0v) is 17.8. The van der Waals surface area contributed by atoms with Crippen LogP contribution in [0, 0.1) is 6.92 Å². The van der Waals surface area contributed by atoms with E-state index < -0.39 is 10.8 Å². The molecule has 4 rings (SSSR count). The number of carbonyl (C=O) groups excluding carboxylic acids is 1. The number of aromatic nitrogens is 1. The van der Waals surface area contributed by atoms with E-state index in [4.69, 9.17) is 11.6 Å². The Labute approximate surface area is 181 Å². The Bertz CT molecular complexity index is 1290. The molecule has 8 heteroatoms. The van der Waals surface area contributed by atoms with Gasteiger partial charge >= 0.3 is 4.87 Å². The van der Waals surface area contributed by atoms with Crippen molar-refractivity contribution in [1.82, 2.24) is 4.57 Å². The highest BCUT2D eigenvalue weighted by atomic mass is 35.5. The van der Waals surface area contributed by atoms with Crippen LogP contribution in [0.3, 0.4) is 0 Å². The van der Waals surface area contributed by atoms with Crippen molar-refractivity contribution in [2.24, 2.45) is 4.99 Å². The van der Waals surface area contributed by atoms with Gasteiger partial charge in [-0.3, -0.25) is 19.1 Å². The number of para-hydroxylation sites is 1. The summed E-state index contributed by atoms with van der Waals surface area (Å²) in [6, 6.07) is 12.8. The molecule has 0 saturated carbocycles. The number of aliphatic imine (C=N–C) groups is 1. The molecule has 1 aliphatic rings. The van der Waals surface area contributed by atoms with Crippen LogP contribution in [-0.4, -0.2) is 21.3 Å². The molecule has 2 heterocycles. The van der Waals surface area contributed by atoms with Crippen molar-refractivity contribution in [2.75, 3.05) is 5.32 Å². The third-order valence-corrected chi connectivity index (χ3v) is 6.12. The van der Waals surface area contributed by atoms with Gasteiger partial charge in [0, 0.05) is 27.6 Å². The van der Waals surface area contributed by atoms with E-state index in [-0.39, 0.29) is 12.4 Å². The quantitative estimate of drug-likeness (QED) is 0.608. The molecule has 6 nitrogen and oxygen atoms in total. The monoisotopic (exact) mass is 439 g/mol. The zero-order valence-electron chi connectivity index (χ0n) is 16.3. The Balaban J connectivity index is 1.59. The van der Waals surface area contributed by atoms with Gasteiger partial charge in [0.15, 0.2) is 0 Å². The lowest BCUT2D eigenvalue weighted by atomic mass is 10.0. The Hall–Kier alpha value is -3.16. The summed E-state index contributed by atoms with van der Waals surface area (Å²) in [5.74, 6) is -0.681. The fourth-order valence-electron chi connectivity index (χ4n) is 3.21. The fraction of sp³-hybridized carbons (Fsp3) is 0.136. The lowest BCUT2D eigenvalue weighted by Gasteiger charge is -2.08. The van der Waals surface area contributed by atoms with Gasteiger partial charge in [0.05, 0.1) is 10.6 Å². The molecule has 0 fully saturated rings. The van der Waals surface area contributed by atoms with Crippen LogP contribution < -0.4 is 10.2 Å². The highest BCUT2D eigenvalue weighted by Gasteiger charge is 2.20. The molecule has 1 aromatic heterocycles. The van der Waals surface area contributed by atoms with Crippen LogP contribution in [0.25, 0.3) is 11.6 Å². The number of hydrogen-bond acceptors (Lipinski definition) is 5. The van der Waals surface area contributed by atoms with Crippen LogP contribution in [-0.2, 0) is 11.3 Å². The largest absolute Gasteiger partial charge is 0.493 e. The summed E-state index contributed by atoms with van der Waals surface area (Å²) in [6.45, 7) is 3.43. The lowest BCUT2D eigenvalue weighted by Crippen LogP contribution is -2.24. The molecular formula is C22H18ClN3O3S. The van der Waals surface area contributed by atoms with Crippen molar-refractivity contribution in [3.05, 3.63) is 73.2 Å². The molecular weight excluding hydrogens is 422 g/mol. The van der Waals surface area contributed by atoms with Crippen molar-refractivity contribution >= 4 is 57.6 Å². The highest BCUT2D eigenvalue weighted by molar-refractivity contribution is 7.10. The van der Waals surface area contributed by atoms with Crippen molar-refractivity contribution in [3.63, 3.8) is 0 Å². The molecule has 3 aromatic rings. The van der Waals surface area contributed by atoms with E-state index in [0.29, 0.717) is 15.6 Å². The van der Waals surface area contributed by atoms with E-state index >= 15 is 0 Å². The highest BCUT2D eigenvalue weighted by Crippen LogP contribution is 2.37. The first kappa shape index (κ1) is 20.1. The molecule has 2 N–H and O–H groups in total. The molecule has 0 unspecified atom stereocenters. The molecule has 152 valence electrons. The normalized spacial score (nSPS) is 14.0. The van der Waals surface area contributed by atoms with Crippen LogP contribution in [0.5, 0.6) is 5.88 Å². The second-order valence-electron chi connectivity index (χ2n) is 6.93. The fourth-order valence-corrected chi connectivity index (χ4v) is 4.22. The summed E-state index contributed by atoms with van der Waals surface area (Å²) < 4.78 is 1.05. The number of anilines is 1. The van der Waals surface area contributed by atoms with Crippen LogP contribution >= 0.6 is 22.9 Å². The first-order chi connectivity index (χ1) is 14.3. The number of hydrogen-bond donors (Lipinski definition) is 2. The number of amides is 1. The molecule has 1 aliphatic heterocycles. The summed E-state index contributed by atoms with van der Waals surface area (Å²) in [6.07, 6.45) is 1.74. The van der Waals surface area contributed by atoms with Crippen LogP contribution in [0.1, 0.15) is 22.9 Å². The summed E-state index contributed by atoms with van der Waals surface area (Å²) in [7, 11) is 0. The Kier molecular flexibility index (Phi) is 5.32. The van der Waals surface area contributed by atoms with Gasteiger partial charge in [0.1, 0.15) is 6.54 Å². The minimum Gasteiger partial charge on any atom is -0.493 e. The van der Waals surface area contributed by atoms with E-state index in [0.717, 1.165) is 44.0 Å². The SMILES string of the molecule is CC1=Nc2ccccc2C1=Cc1sc(=O)n(CC(=O)Nc2ccc(C)c(Cl)c2)c1O. The Morgan fingerprint density at radius 1 is 1.27 bits per heavy atom. The second kappa shape index (κ2) is 7.93. The Morgan fingerprint density at radius 2 is 2.03 bits per heavy atom. The maximum Gasteiger partial charge on any atom is 0.311 e. The number of rotatable bonds is 4. The van der Waals surface area contributed by atoms with E-state index in [1.807, 2.05) is 38.1 Å². The van der Waals surface area contributed by atoms with Crippen molar-refractivity contribution in [2.45, 2.75) is 20.4 Å². The lowest BCUT2D eigenvalue weighted by molar-refractivity contribution is -0.116. The summed E-state index contributed by atoms with van der Waals surface area (Å²) in [5.41, 5.74) is 4.85. The maximum atomic E-state index is 12.4. The minimum absolute atomic E-state index is 0.244. The van der Waals surface area contributed by atoms with Crippen molar-refractivity contribution in [1.29, 1.82) is 0 Å². The summed E-state index contributed by atoms with van der Waals surface area (Å²) in [5, 5.41) is 13.8. The zero-order chi connectivity index (χ0) is 21.4. The molecule has 0 saturated heterocycles. The topological polar surface area (TPSA) is 83.7 Å². The predicted molar refractivity (Wildman–Crippen MR) is 122 cm³/mol. The molecule has 30 heavy (non-hydrogen) atoms. The second-order valence-corrected chi connectivity index (χ2v) is 8.33. The average Bonchev–Trinajstić information content (AvgIpc) is 3.16.